The van der Waals surface area contributed by atoms with Crippen LogP contribution in [0.2, 0.25) is 0 Å². The number of fused-ring (bicyclic) bond motifs is 1. The molecule has 1 fully saturated rings. The number of amidine groups is 1. The van der Waals surface area contributed by atoms with Gasteiger partial charge in [0.05, 0.1) is 11.4 Å². The first-order valence-electron chi connectivity index (χ1n) is 11.0. The molecule has 2 aliphatic rings. The molecule has 1 amide bonds. The number of carbonyl (C=O) groups is 1. The Morgan fingerprint density at radius 3 is 2.53 bits per heavy atom. The van der Waals surface area contributed by atoms with Crippen molar-refractivity contribution in [3.05, 3.63) is 29.6 Å². The fourth-order valence-corrected chi connectivity index (χ4v) is 4.24. The van der Waals surface area contributed by atoms with E-state index in [9.17, 15) is 18.0 Å². The van der Waals surface area contributed by atoms with E-state index in [2.05, 4.69) is 25.6 Å². The number of hydrogen-bond acceptors (Lipinski definition) is 6. The van der Waals surface area contributed by atoms with Crippen molar-refractivity contribution in [1.29, 1.82) is 0 Å². The molecule has 1 aliphatic carbocycles. The number of amides is 1. The highest BCUT2D eigenvalue weighted by atomic mass is 19.4. The van der Waals surface area contributed by atoms with Gasteiger partial charge in [0.15, 0.2) is 0 Å². The monoisotopic (exact) mass is 448 g/mol. The van der Waals surface area contributed by atoms with Crippen molar-refractivity contribution in [2.24, 2.45) is 4.99 Å². The Kier molecular flexibility index (Phi) is 6.48. The first-order valence-corrected chi connectivity index (χ1v) is 11.0. The van der Waals surface area contributed by atoms with Crippen LogP contribution in [-0.2, 0) is 0 Å². The number of benzene rings is 1. The van der Waals surface area contributed by atoms with Crippen molar-refractivity contribution in [3.8, 4) is 0 Å². The lowest BCUT2D eigenvalue weighted by Crippen LogP contribution is -2.48. The molecule has 0 spiro atoms. The zero-order valence-electron chi connectivity index (χ0n) is 17.9. The van der Waals surface area contributed by atoms with Crippen LogP contribution in [0.5, 0.6) is 0 Å². The second-order valence-corrected chi connectivity index (χ2v) is 8.43. The van der Waals surface area contributed by atoms with Gasteiger partial charge in [-0.1, -0.05) is 24.5 Å². The van der Waals surface area contributed by atoms with Gasteiger partial charge in [-0.15, -0.1) is 0 Å². The highest BCUT2D eigenvalue weighted by Gasteiger charge is 2.30. The zero-order chi connectivity index (χ0) is 22.7. The summed E-state index contributed by atoms with van der Waals surface area (Å²) in [4.78, 5) is 25.4. The van der Waals surface area contributed by atoms with E-state index in [0.717, 1.165) is 61.9 Å². The highest BCUT2D eigenvalue weighted by Crippen LogP contribution is 2.27. The second kappa shape index (κ2) is 9.30. The Balaban J connectivity index is 1.62. The highest BCUT2D eigenvalue weighted by molar-refractivity contribution is 5.96. The van der Waals surface area contributed by atoms with Gasteiger partial charge < -0.3 is 16.0 Å². The van der Waals surface area contributed by atoms with Crippen molar-refractivity contribution in [1.82, 2.24) is 20.6 Å². The lowest BCUT2D eigenvalue weighted by Gasteiger charge is -2.34. The molecule has 1 aromatic carbocycles. The smallest absolute Gasteiger partial charge is 0.369 e. The molecule has 1 saturated carbocycles. The number of rotatable bonds is 5. The number of aliphatic imine (C=N–C) groups is 1. The molecule has 0 unspecified atom stereocenters. The number of alkyl halides is 3. The molecule has 2 heterocycles. The first-order chi connectivity index (χ1) is 15.3. The number of hydrogen-bond donors (Lipinski definition) is 3. The van der Waals surface area contributed by atoms with Gasteiger partial charge in [0.25, 0.3) is 5.91 Å². The number of carbonyl (C=O) groups excluding carboxylic acids is 1. The lowest BCUT2D eigenvalue weighted by molar-refractivity contribution is -0.123. The molecule has 1 aliphatic heterocycles. The quantitative estimate of drug-likeness (QED) is 0.648. The Morgan fingerprint density at radius 2 is 1.84 bits per heavy atom. The second-order valence-electron chi connectivity index (χ2n) is 8.43. The molecule has 1 aromatic heterocycles. The van der Waals surface area contributed by atoms with Gasteiger partial charge in [-0.2, -0.15) is 13.2 Å². The van der Waals surface area contributed by atoms with Crippen molar-refractivity contribution < 1.29 is 18.0 Å². The topological polar surface area (TPSA) is 91.3 Å². The van der Waals surface area contributed by atoms with Crippen LogP contribution in [0.15, 0.2) is 23.2 Å². The molecule has 4 rings (SSSR count). The van der Waals surface area contributed by atoms with Gasteiger partial charge in [0.1, 0.15) is 12.4 Å². The third-order valence-corrected chi connectivity index (χ3v) is 5.82. The number of nitrogens with one attached hydrogen (secondary N) is 3. The minimum absolute atomic E-state index is 0.0525. The minimum atomic E-state index is -4.51. The summed E-state index contributed by atoms with van der Waals surface area (Å²) in [7, 11) is 0. The molecule has 32 heavy (non-hydrogen) atoms. The Bertz CT molecular complexity index is 1020. The molecule has 3 N–H and O–H groups in total. The maximum absolute atomic E-state index is 12.5. The predicted molar refractivity (Wildman–Crippen MR) is 117 cm³/mol. The predicted octanol–water partition coefficient (Wildman–Crippen LogP) is 3.74. The van der Waals surface area contributed by atoms with Gasteiger partial charge >= 0.3 is 6.18 Å². The minimum Gasteiger partial charge on any atom is -0.369 e. The molecule has 10 heteroatoms. The summed E-state index contributed by atoms with van der Waals surface area (Å²) in [6.45, 7) is 1.36. The zero-order valence-corrected chi connectivity index (χ0v) is 17.9. The normalized spacial score (nSPS) is 21.3. The van der Waals surface area contributed by atoms with Crippen LogP contribution in [0.25, 0.3) is 10.9 Å². The summed E-state index contributed by atoms with van der Waals surface area (Å²) < 4.78 is 37.6. The standard InChI is InChI=1S/C22H27F3N6O/c1-13-8-9-15-14(11-13)19(31-20(29-15)21(32)27-12-22(23,24)25)30-17-6-3-2-5-16(17)28-18-7-4-10-26-18/h8-9,11,16-17H,2-7,10,12H2,1H3,(H,26,28)(H,27,32)(H,29,30,31)/t16-,17+/m1/s1. The van der Waals surface area contributed by atoms with E-state index in [0.29, 0.717) is 11.3 Å². The van der Waals surface area contributed by atoms with Gasteiger partial charge in [-0.25, -0.2) is 9.97 Å². The molecule has 0 saturated heterocycles. The Hall–Kier alpha value is -2.91. The average molecular weight is 448 g/mol. The summed E-state index contributed by atoms with van der Waals surface area (Å²) in [5.41, 5.74) is 1.50. The number of nitrogens with zero attached hydrogens (tertiary/aromatic N) is 3. The van der Waals surface area contributed by atoms with Crippen molar-refractivity contribution in [2.45, 2.75) is 63.7 Å². The van der Waals surface area contributed by atoms with Crippen LogP contribution in [0.1, 0.15) is 54.7 Å². The SMILES string of the molecule is Cc1ccc2nc(C(=O)NCC(F)(F)F)nc(N[C@H]3CCCC[C@H]3NC3=NCCC3)c2c1. The van der Waals surface area contributed by atoms with Gasteiger partial charge in [-0.3, -0.25) is 9.79 Å². The molecular weight excluding hydrogens is 421 g/mol. The summed E-state index contributed by atoms with van der Waals surface area (Å²) in [5, 5.41) is 9.63. The van der Waals surface area contributed by atoms with Crippen LogP contribution >= 0.6 is 0 Å². The Labute approximate surface area is 184 Å². The molecule has 172 valence electrons. The summed E-state index contributed by atoms with van der Waals surface area (Å²) in [5.74, 6) is 0.252. The van der Waals surface area contributed by atoms with E-state index in [-0.39, 0.29) is 17.9 Å². The fourth-order valence-electron chi connectivity index (χ4n) is 4.24. The largest absolute Gasteiger partial charge is 0.405 e. The van der Waals surface area contributed by atoms with Crippen molar-refractivity contribution in [2.75, 3.05) is 18.4 Å². The lowest BCUT2D eigenvalue weighted by atomic mass is 9.90. The molecule has 0 radical (unpaired) electrons. The maximum atomic E-state index is 12.5. The van der Waals surface area contributed by atoms with Gasteiger partial charge in [0, 0.05) is 30.4 Å². The summed E-state index contributed by atoms with van der Waals surface area (Å²) in [6, 6.07) is 5.73. The number of halogens is 3. The molecule has 2 atom stereocenters. The van der Waals surface area contributed by atoms with Crippen molar-refractivity contribution in [3.63, 3.8) is 0 Å². The van der Waals surface area contributed by atoms with E-state index in [4.69, 9.17) is 0 Å². The third-order valence-electron chi connectivity index (χ3n) is 5.82. The summed E-state index contributed by atoms with van der Waals surface area (Å²) >= 11 is 0. The molecule has 7 nitrogen and oxygen atoms in total. The van der Waals surface area contributed by atoms with Crippen LogP contribution in [0.3, 0.4) is 0 Å². The number of aromatic nitrogens is 2. The van der Waals surface area contributed by atoms with Crippen LogP contribution < -0.4 is 16.0 Å². The van der Waals surface area contributed by atoms with E-state index < -0.39 is 18.6 Å². The number of aryl methyl sites for hydroxylation is 1. The van der Waals surface area contributed by atoms with E-state index >= 15 is 0 Å². The van der Waals surface area contributed by atoms with Gasteiger partial charge in [-0.05, 0) is 38.3 Å². The van der Waals surface area contributed by atoms with Crippen LogP contribution in [0, 0.1) is 6.92 Å². The van der Waals surface area contributed by atoms with Crippen LogP contribution in [0.4, 0.5) is 19.0 Å². The average Bonchev–Trinajstić information content (AvgIpc) is 3.26. The first kappa shape index (κ1) is 22.3. The third kappa shape index (κ3) is 5.46. The number of anilines is 1. The van der Waals surface area contributed by atoms with Crippen LogP contribution in [-0.4, -0.2) is 53.1 Å². The van der Waals surface area contributed by atoms with E-state index in [1.54, 1.807) is 6.07 Å². The molecule has 2 aromatic rings. The van der Waals surface area contributed by atoms with Crippen molar-refractivity contribution >= 4 is 28.5 Å². The summed E-state index contributed by atoms with van der Waals surface area (Å²) in [6.07, 6.45) is 1.56. The molecule has 0 bridgehead atoms. The molecular formula is C22H27F3N6O. The maximum Gasteiger partial charge on any atom is 0.405 e. The fraction of sp³-hybridized carbons (Fsp3) is 0.545. The van der Waals surface area contributed by atoms with E-state index in [1.807, 2.05) is 24.4 Å². The Morgan fingerprint density at radius 1 is 1.09 bits per heavy atom. The van der Waals surface area contributed by atoms with Gasteiger partial charge in [0.2, 0.25) is 5.82 Å². The van der Waals surface area contributed by atoms with E-state index in [1.165, 1.54) is 0 Å².